The van der Waals surface area contributed by atoms with Gasteiger partial charge in [-0.1, -0.05) is 0 Å². The molecule has 2 heterocycles. The smallest absolute Gasteiger partial charge is 0.323 e. The maximum atomic E-state index is 12.3. The average molecular weight is 278 g/mol. The first-order chi connectivity index (χ1) is 9.39. The zero-order valence-electron chi connectivity index (χ0n) is 12.3. The molecule has 6 nitrogen and oxygen atoms in total. The number of likely N-dealkylation sites (tertiary alicyclic amines) is 1. The molecule has 2 N–H and O–H groups in total. The number of aromatic nitrogens is 2. The molecule has 1 unspecified atom stereocenters. The largest absolute Gasteiger partial charge is 0.391 e. The third-order valence-electron chi connectivity index (χ3n) is 4.53. The molecule has 6 heteroatoms. The topological polar surface area (TPSA) is 70.4 Å². The number of urea groups is 1. The molecule has 2 amide bonds. The van der Waals surface area contributed by atoms with Gasteiger partial charge in [0.2, 0.25) is 0 Å². The number of carbonyl (C=O) groups excluding carboxylic acids is 1. The van der Waals surface area contributed by atoms with E-state index in [2.05, 4.69) is 10.4 Å². The van der Waals surface area contributed by atoms with E-state index in [1.165, 1.54) is 18.5 Å². The van der Waals surface area contributed by atoms with Crippen molar-refractivity contribution in [2.75, 3.05) is 11.9 Å². The Bertz CT molecular complexity index is 533. The lowest BCUT2D eigenvalue weighted by Crippen LogP contribution is -2.49. The van der Waals surface area contributed by atoms with E-state index in [4.69, 9.17) is 0 Å². The third-order valence-corrected chi connectivity index (χ3v) is 4.53. The van der Waals surface area contributed by atoms with E-state index < -0.39 is 11.6 Å². The van der Waals surface area contributed by atoms with Crippen LogP contribution in [0.1, 0.15) is 44.7 Å². The number of aliphatic hydroxyl groups excluding tert-OH is 1. The maximum absolute atomic E-state index is 12.3. The highest BCUT2D eigenvalue weighted by Crippen LogP contribution is 2.40. The summed E-state index contributed by atoms with van der Waals surface area (Å²) in [6, 6.07) is 1.77. The van der Waals surface area contributed by atoms with Crippen LogP contribution in [0.4, 0.5) is 10.6 Å². The number of amides is 2. The van der Waals surface area contributed by atoms with Crippen molar-refractivity contribution in [2.24, 2.45) is 7.05 Å². The van der Waals surface area contributed by atoms with Crippen molar-refractivity contribution in [1.29, 1.82) is 0 Å². The summed E-state index contributed by atoms with van der Waals surface area (Å²) in [5, 5.41) is 17.1. The molecule has 0 radical (unpaired) electrons. The standard InChI is InChI=1S/C14H22N4O2/c1-14(2)11(19)6-7-18(14)13(20)15-12-8-10(9-4-5-9)17(3)16-12/h8-9,11,19H,4-7H2,1-3H3,(H,15,16,20). The number of aliphatic hydroxyl groups is 1. The monoisotopic (exact) mass is 278 g/mol. The van der Waals surface area contributed by atoms with Crippen molar-refractivity contribution in [3.05, 3.63) is 11.8 Å². The Hall–Kier alpha value is -1.56. The molecular weight excluding hydrogens is 256 g/mol. The normalized spacial score (nSPS) is 25.0. The van der Waals surface area contributed by atoms with Gasteiger partial charge >= 0.3 is 6.03 Å². The van der Waals surface area contributed by atoms with Gasteiger partial charge in [-0.2, -0.15) is 5.10 Å². The Morgan fingerprint density at radius 1 is 1.45 bits per heavy atom. The minimum absolute atomic E-state index is 0.188. The summed E-state index contributed by atoms with van der Waals surface area (Å²) in [7, 11) is 1.91. The van der Waals surface area contributed by atoms with E-state index >= 15 is 0 Å². The van der Waals surface area contributed by atoms with Crippen LogP contribution in [0.2, 0.25) is 0 Å². The maximum Gasteiger partial charge on any atom is 0.323 e. The van der Waals surface area contributed by atoms with Gasteiger partial charge in [-0.15, -0.1) is 0 Å². The second kappa shape index (κ2) is 4.48. The highest BCUT2D eigenvalue weighted by molar-refractivity contribution is 5.89. The van der Waals surface area contributed by atoms with Gasteiger partial charge in [-0.3, -0.25) is 10.00 Å². The van der Waals surface area contributed by atoms with Crippen LogP contribution in [0.5, 0.6) is 0 Å². The van der Waals surface area contributed by atoms with Gasteiger partial charge in [0.1, 0.15) is 0 Å². The quantitative estimate of drug-likeness (QED) is 0.864. The SMILES string of the molecule is Cn1nc(NC(=O)N2CCC(O)C2(C)C)cc1C1CC1. The van der Waals surface area contributed by atoms with Gasteiger partial charge in [0.15, 0.2) is 5.82 Å². The summed E-state index contributed by atoms with van der Waals surface area (Å²) < 4.78 is 1.84. The number of hydrogen-bond acceptors (Lipinski definition) is 3. The van der Waals surface area contributed by atoms with Crippen LogP contribution in [0.3, 0.4) is 0 Å². The Morgan fingerprint density at radius 3 is 2.70 bits per heavy atom. The van der Waals surface area contributed by atoms with Crippen LogP contribution < -0.4 is 5.32 Å². The zero-order chi connectivity index (χ0) is 14.5. The zero-order valence-corrected chi connectivity index (χ0v) is 12.3. The Balaban J connectivity index is 1.71. The van der Waals surface area contributed by atoms with E-state index in [1.54, 1.807) is 4.90 Å². The van der Waals surface area contributed by atoms with Crippen LogP contribution in [0.25, 0.3) is 0 Å². The minimum Gasteiger partial charge on any atom is -0.391 e. The van der Waals surface area contributed by atoms with Crippen molar-refractivity contribution in [3.8, 4) is 0 Å². The fourth-order valence-corrected chi connectivity index (χ4v) is 2.92. The summed E-state index contributed by atoms with van der Waals surface area (Å²) in [4.78, 5) is 14.0. The van der Waals surface area contributed by atoms with Crippen LogP contribution in [-0.2, 0) is 7.05 Å². The number of carbonyl (C=O) groups is 1. The fraction of sp³-hybridized carbons (Fsp3) is 0.714. The predicted molar refractivity (Wildman–Crippen MR) is 75.6 cm³/mol. The molecule has 1 aromatic heterocycles. The lowest BCUT2D eigenvalue weighted by molar-refractivity contribution is 0.0732. The molecule has 1 aromatic rings. The van der Waals surface area contributed by atoms with Crippen molar-refractivity contribution >= 4 is 11.8 Å². The molecule has 1 aliphatic heterocycles. The molecule has 1 saturated heterocycles. The molecule has 0 aromatic carbocycles. The predicted octanol–water partition coefficient (Wildman–Crippen LogP) is 1.67. The molecule has 0 spiro atoms. The number of aryl methyl sites for hydroxylation is 1. The van der Waals surface area contributed by atoms with E-state index in [1.807, 2.05) is 31.6 Å². The lowest BCUT2D eigenvalue weighted by Gasteiger charge is -2.33. The fourth-order valence-electron chi connectivity index (χ4n) is 2.92. The van der Waals surface area contributed by atoms with Crippen LogP contribution in [-0.4, -0.2) is 44.0 Å². The van der Waals surface area contributed by atoms with Gasteiger partial charge in [0, 0.05) is 31.3 Å². The highest BCUT2D eigenvalue weighted by Gasteiger charge is 2.43. The average Bonchev–Trinajstić information content (AvgIpc) is 3.08. The van der Waals surface area contributed by atoms with E-state index in [9.17, 15) is 9.90 Å². The van der Waals surface area contributed by atoms with Crippen molar-refractivity contribution in [1.82, 2.24) is 14.7 Å². The molecule has 1 saturated carbocycles. The molecule has 1 aliphatic carbocycles. The highest BCUT2D eigenvalue weighted by atomic mass is 16.3. The summed E-state index contributed by atoms with van der Waals surface area (Å²) in [5.74, 6) is 1.19. The first-order valence-corrected chi connectivity index (χ1v) is 7.20. The van der Waals surface area contributed by atoms with Gasteiger partial charge < -0.3 is 10.0 Å². The first kappa shape index (κ1) is 13.4. The van der Waals surface area contributed by atoms with E-state index in [-0.39, 0.29) is 6.03 Å². The van der Waals surface area contributed by atoms with Gasteiger partial charge in [0.25, 0.3) is 0 Å². The molecule has 2 fully saturated rings. The number of nitrogens with zero attached hydrogens (tertiary/aromatic N) is 3. The van der Waals surface area contributed by atoms with Crippen LogP contribution >= 0.6 is 0 Å². The minimum atomic E-state index is -0.530. The summed E-state index contributed by atoms with van der Waals surface area (Å²) >= 11 is 0. The number of nitrogens with one attached hydrogen (secondary N) is 1. The molecule has 1 atom stereocenters. The van der Waals surface area contributed by atoms with Crippen LogP contribution in [0, 0.1) is 0 Å². The first-order valence-electron chi connectivity index (χ1n) is 7.20. The Morgan fingerprint density at radius 2 is 2.15 bits per heavy atom. The van der Waals surface area contributed by atoms with E-state index in [0.29, 0.717) is 24.7 Å². The van der Waals surface area contributed by atoms with Gasteiger partial charge in [0.05, 0.1) is 11.6 Å². The van der Waals surface area contributed by atoms with Gasteiger partial charge in [-0.25, -0.2) is 4.79 Å². The molecule has 0 bridgehead atoms. The Labute approximate surface area is 118 Å². The van der Waals surface area contributed by atoms with Crippen molar-refractivity contribution in [2.45, 2.75) is 50.7 Å². The van der Waals surface area contributed by atoms with Crippen molar-refractivity contribution < 1.29 is 9.90 Å². The van der Waals surface area contributed by atoms with Crippen LogP contribution in [0.15, 0.2) is 6.07 Å². The molecule has 20 heavy (non-hydrogen) atoms. The van der Waals surface area contributed by atoms with E-state index in [0.717, 1.165) is 0 Å². The number of anilines is 1. The second-order valence-electron chi connectivity index (χ2n) is 6.39. The van der Waals surface area contributed by atoms with Crippen molar-refractivity contribution in [3.63, 3.8) is 0 Å². The summed E-state index contributed by atoms with van der Waals surface area (Å²) in [6.07, 6.45) is 2.56. The number of hydrogen-bond donors (Lipinski definition) is 2. The third kappa shape index (κ3) is 2.18. The second-order valence-corrected chi connectivity index (χ2v) is 6.39. The summed E-state index contributed by atoms with van der Waals surface area (Å²) in [5.41, 5.74) is 0.652. The Kier molecular flexibility index (Phi) is 3.01. The molecule has 3 rings (SSSR count). The molecule has 110 valence electrons. The van der Waals surface area contributed by atoms with Gasteiger partial charge in [-0.05, 0) is 33.1 Å². The summed E-state index contributed by atoms with van der Waals surface area (Å²) in [6.45, 7) is 4.35. The lowest BCUT2D eigenvalue weighted by atomic mass is 9.99. The molecule has 2 aliphatic rings. The number of rotatable bonds is 2. The molecular formula is C14H22N4O2.